The van der Waals surface area contributed by atoms with E-state index in [9.17, 15) is 18.0 Å². The molecule has 0 saturated heterocycles. The lowest BCUT2D eigenvalue weighted by molar-refractivity contribution is -0.115. The van der Waals surface area contributed by atoms with Crippen LogP contribution in [0.1, 0.15) is 29.3 Å². The van der Waals surface area contributed by atoms with Crippen molar-refractivity contribution >= 4 is 38.9 Å². The van der Waals surface area contributed by atoms with Crippen molar-refractivity contribution in [1.82, 2.24) is 0 Å². The van der Waals surface area contributed by atoms with Crippen molar-refractivity contribution in [3.05, 3.63) is 77.9 Å². The predicted octanol–water partition coefficient (Wildman–Crippen LogP) is 4.41. The molecule has 9 heteroatoms. The molecule has 0 heterocycles. The molecule has 0 aromatic heterocycles. The van der Waals surface area contributed by atoms with E-state index in [1.165, 1.54) is 19.2 Å². The number of carbonyl (C=O) groups excluding carboxylic acids is 2. The molecular formula is C24H25N3O5S. The van der Waals surface area contributed by atoms with Gasteiger partial charge in [-0.2, -0.15) is 0 Å². The van der Waals surface area contributed by atoms with Crippen LogP contribution in [0.4, 0.5) is 17.1 Å². The quantitative estimate of drug-likeness (QED) is 0.454. The Morgan fingerprint density at radius 2 is 1.42 bits per heavy atom. The van der Waals surface area contributed by atoms with E-state index < -0.39 is 15.9 Å². The molecule has 3 N–H and O–H groups in total. The second-order valence-electron chi connectivity index (χ2n) is 7.24. The third-order valence-electron chi connectivity index (χ3n) is 4.85. The Bertz CT molecular complexity index is 1250. The van der Waals surface area contributed by atoms with E-state index in [0.717, 1.165) is 0 Å². The highest BCUT2D eigenvalue weighted by Gasteiger charge is 2.18. The zero-order chi connectivity index (χ0) is 24.0. The maximum Gasteiger partial charge on any atom is 0.261 e. The molecule has 172 valence electrons. The molecule has 0 atom stereocenters. The highest BCUT2D eigenvalue weighted by atomic mass is 32.2. The SMILES string of the molecule is CCC(=O)Nc1ccc(NC(=O)c2cc(S(=O)(=O)Nc3ccc(OC)cc3)ccc2C)cc1. The first-order chi connectivity index (χ1) is 15.7. The van der Waals surface area contributed by atoms with Gasteiger partial charge in [-0.1, -0.05) is 13.0 Å². The van der Waals surface area contributed by atoms with Crippen LogP contribution in [-0.4, -0.2) is 27.3 Å². The van der Waals surface area contributed by atoms with Crippen LogP contribution in [-0.2, 0) is 14.8 Å². The molecule has 0 bridgehead atoms. The van der Waals surface area contributed by atoms with Gasteiger partial charge in [-0.05, 0) is 73.2 Å². The van der Waals surface area contributed by atoms with E-state index in [1.807, 2.05) is 0 Å². The second kappa shape index (κ2) is 10.2. The molecule has 0 radical (unpaired) electrons. The molecule has 3 aromatic carbocycles. The minimum absolute atomic E-state index is 0.0355. The van der Waals surface area contributed by atoms with Crippen molar-refractivity contribution in [1.29, 1.82) is 0 Å². The van der Waals surface area contributed by atoms with Crippen LogP contribution in [0.15, 0.2) is 71.6 Å². The molecule has 0 aliphatic carbocycles. The smallest absolute Gasteiger partial charge is 0.261 e. The Morgan fingerprint density at radius 3 is 2.00 bits per heavy atom. The van der Waals surface area contributed by atoms with E-state index in [1.54, 1.807) is 68.4 Å². The van der Waals surface area contributed by atoms with Crippen LogP contribution in [0.3, 0.4) is 0 Å². The summed E-state index contributed by atoms with van der Waals surface area (Å²) in [5.74, 6) is 0.0519. The Balaban J connectivity index is 1.77. The number of sulfonamides is 1. The molecule has 8 nitrogen and oxygen atoms in total. The van der Waals surface area contributed by atoms with Crippen LogP contribution < -0.4 is 20.1 Å². The number of benzene rings is 3. The van der Waals surface area contributed by atoms with Gasteiger partial charge in [-0.3, -0.25) is 14.3 Å². The van der Waals surface area contributed by atoms with Gasteiger partial charge in [0.2, 0.25) is 5.91 Å². The van der Waals surface area contributed by atoms with Gasteiger partial charge in [0.15, 0.2) is 0 Å². The van der Waals surface area contributed by atoms with E-state index in [0.29, 0.717) is 34.8 Å². The normalized spacial score (nSPS) is 10.9. The van der Waals surface area contributed by atoms with E-state index >= 15 is 0 Å². The Kier molecular flexibility index (Phi) is 7.34. The van der Waals surface area contributed by atoms with E-state index in [2.05, 4.69) is 15.4 Å². The maximum atomic E-state index is 12.8. The molecule has 0 aliphatic rings. The minimum atomic E-state index is -3.91. The van der Waals surface area contributed by atoms with Gasteiger partial charge in [0.25, 0.3) is 15.9 Å². The van der Waals surface area contributed by atoms with Gasteiger partial charge in [0.05, 0.1) is 12.0 Å². The third kappa shape index (κ3) is 6.11. The number of aryl methyl sites for hydroxylation is 1. The summed E-state index contributed by atoms with van der Waals surface area (Å²) >= 11 is 0. The Labute approximate surface area is 193 Å². The number of nitrogens with one attached hydrogen (secondary N) is 3. The summed E-state index contributed by atoms with van der Waals surface area (Å²) < 4.78 is 33.3. The summed E-state index contributed by atoms with van der Waals surface area (Å²) in [5.41, 5.74) is 2.36. The van der Waals surface area contributed by atoms with Crippen molar-refractivity contribution < 1.29 is 22.7 Å². The van der Waals surface area contributed by atoms with Crippen molar-refractivity contribution in [2.75, 3.05) is 22.5 Å². The molecular weight excluding hydrogens is 442 g/mol. The summed E-state index contributed by atoms with van der Waals surface area (Å²) in [6, 6.07) is 17.5. The van der Waals surface area contributed by atoms with Crippen LogP contribution in [0.2, 0.25) is 0 Å². The zero-order valence-corrected chi connectivity index (χ0v) is 19.3. The summed E-state index contributed by atoms with van der Waals surface area (Å²) in [7, 11) is -2.38. The predicted molar refractivity (Wildman–Crippen MR) is 128 cm³/mol. The van der Waals surface area contributed by atoms with Crippen LogP contribution in [0, 0.1) is 6.92 Å². The molecule has 0 saturated carbocycles. The van der Waals surface area contributed by atoms with Crippen molar-refractivity contribution in [2.24, 2.45) is 0 Å². The number of rotatable bonds is 8. The fourth-order valence-corrected chi connectivity index (χ4v) is 4.06. The number of carbonyl (C=O) groups is 2. The number of methoxy groups -OCH3 is 1. The number of hydrogen-bond acceptors (Lipinski definition) is 5. The van der Waals surface area contributed by atoms with Gasteiger partial charge in [-0.15, -0.1) is 0 Å². The van der Waals surface area contributed by atoms with Crippen LogP contribution >= 0.6 is 0 Å². The lowest BCUT2D eigenvalue weighted by atomic mass is 10.1. The van der Waals surface area contributed by atoms with Crippen molar-refractivity contribution in [3.63, 3.8) is 0 Å². The highest BCUT2D eigenvalue weighted by Crippen LogP contribution is 2.22. The maximum absolute atomic E-state index is 12.8. The van der Waals surface area contributed by atoms with E-state index in [-0.39, 0.29) is 16.4 Å². The van der Waals surface area contributed by atoms with Gasteiger partial charge in [-0.25, -0.2) is 8.42 Å². The highest BCUT2D eigenvalue weighted by molar-refractivity contribution is 7.92. The molecule has 33 heavy (non-hydrogen) atoms. The molecule has 0 spiro atoms. The topological polar surface area (TPSA) is 114 Å². The Hall–Kier alpha value is -3.85. The second-order valence-corrected chi connectivity index (χ2v) is 8.93. The number of anilines is 3. The largest absolute Gasteiger partial charge is 0.497 e. The average molecular weight is 468 g/mol. The fourth-order valence-electron chi connectivity index (χ4n) is 2.97. The summed E-state index contributed by atoms with van der Waals surface area (Å²) in [6.45, 7) is 3.48. The van der Waals surface area contributed by atoms with E-state index in [4.69, 9.17) is 4.74 Å². The van der Waals surface area contributed by atoms with Crippen molar-refractivity contribution in [3.8, 4) is 5.75 Å². The van der Waals surface area contributed by atoms with Gasteiger partial charge in [0.1, 0.15) is 5.75 Å². The first kappa shape index (κ1) is 23.8. The lowest BCUT2D eigenvalue weighted by Crippen LogP contribution is -2.17. The molecule has 0 aliphatic heterocycles. The number of hydrogen-bond donors (Lipinski definition) is 3. The van der Waals surface area contributed by atoms with Crippen molar-refractivity contribution in [2.45, 2.75) is 25.2 Å². The standard InChI is InChI=1S/C24H25N3O5S/c1-4-23(28)25-17-6-8-18(9-7-17)26-24(29)22-15-21(14-5-16(22)2)33(30,31)27-19-10-12-20(32-3)13-11-19/h5-15,27H,4H2,1-3H3,(H,25,28)(H,26,29). The van der Waals surface area contributed by atoms with Gasteiger partial charge < -0.3 is 15.4 Å². The average Bonchev–Trinajstić information content (AvgIpc) is 2.80. The molecule has 2 amide bonds. The lowest BCUT2D eigenvalue weighted by Gasteiger charge is -2.12. The van der Waals surface area contributed by atoms with Crippen LogP contribution in [0.5, 0.6) is 5.75 Å². The molecule has 3 rings (SSSR count). The zero-order valence-electron chi connectivity index (χ0n) is 18.5. The molecule has 0 unspecified atom stereocenters. The fraction of sp³-hybridized carbons (Fsp3) is 0.167. The van der Waals surface area contributed by atoms with Gasteiger partial charge >= 0.3 is 0 Å². The number of amides is 2. The third-order valence-corrected chi connectivity index (χ3v) is 6.23. The minimum Gasteiger partial charge on any atom is -0.497 e. The molecule has 3 aromatic rings. The Morgan fingerprint density at radius 1 is 0.848 bits per heavy atom. The van der Waals surface area contributed by atoms with Gasteiger partial charge in [0, 0.05) is 29.0 Å². The number of ether oxygens (including phenoxy) is 1. The summed E-state index contributed by atoms with van der Waals surface area (Å²) in [4.78, 5) is 24.3. The van der Waals surface area contributed by atoms with Crippen LogP contribution in [0.25, 0.3) is 0 Å². The first-order valence-electron chi connectivity index (χ1n) is 10.2. The molecule has 0 fully saturated rings. The first-order valence-corrected chi connectivity index (χ1v) is 11.7. The summed E-state index contributed by atoms with van der Waals surface area (Å²) in [5, 5.41) is 5.48. The summed E-state index contributed by atoms with van der Waals surface area (Å²) in [6.07, 6.45) is 0.365. The monoisotopic (exact) mass is 467 g/mol.